The molecule has 1 aromatic carbocycles. The average Bonchev–Trinajstić information content (AvgIpc) is 2.38. The summed E-state index contributed by atoms with van der Waals surface area (Å²) < 4.78 is 0. The first-order chi connectivity index (χ1) is 9.77. The molecule has 0 bridgehead atoms. The lowest BCUT2D eigenvalue weighted by Crippen LogP contribution is -2.33. The van der Waals surface area contributed by atoms with Gasteiger partial charge in [0.1, 0.15) is 0 Å². The Kier molecular flexibility index (Phi) is 5.34. The number of nitrogens with zero attached hydrogens (tertiary/aromatic N) is 2. The van der Waals surface area contributed by atoms with Crippen molar-refractivity contribution in [2.24, 2.45) is 0 Å². The highest BCUT2D eigenvalue weighted by atomic mass is 16.6. The van der Waals surface area contributed by atoms with Crippen LogP contribution in [0, 0.1) is 27.2 Å². The predicted molar refractivity (Wildman–Crippen MR) is 76.3 cm³/mol. The van der Waals surface area contributed by atoms with Gasteiger partial charge >= 0.3 is 0 Å². The molecule has 0 spiro atoms. The molecule has 1 atom stereocenters. The van der Waals surface area contributed by atoms with Crippen LogP contribution >= 0.6 is 0 Å². The minimum atomic E-state index is -0.751. The summed E-state index contributed by atoms with van der Waals surface area (Å²) >= 11 is 0. The highest BCUT2D eigenvalue weighted by Crippen LogP contribution is 2.28. The molecule has 114 valence electrons. The second kappa shape index (κ2) is 6.78. The molecular weight excluding hydrogens is 278 g/mol. The van der Waals surface area contributed by atoms with Crippen LogP contribution in [0.1, 0.15) is 42.6 Å². The first-order valence-corrected chi connectivity index (χ1v) is 6.52. The van der Waals surface area contributed by atoms with Crippen LogP contribution < -0.4 is 5.32 Å². The van der Waals surface area contributed by atoms with E-state index in [0.29, 0.717) is 0 Å². The lowest BCUT2D eigenvalue weighted by molar-refractivity contribution is -0.394. The number of hydrogen-bond donors (Lipinski definition) is 1. The fourth-order valence-corrected chi connectivity index (χ4v) is 2.02. The monoisotopic (exact) mass is 295 g/mol. The van der Waals surface area contributed by atoms with E-state index in [-0.39, 0.29) is 17.2 Å². The number of amides is 1. The molecule has 8 nitrogen and oxygen atoms in total. The number of nitro groups is 2. The summed E-state index contributed by atoms with van der Waals surface area (Å²) in [5.74, 6) is -0.541. The molecule has 1 amide bonds. The van der Waals surface area contributed by atoms with Crippen molar-refractivity contribution in [1.82, 2.24) is 5.32 Å². The van der Waals surface area contributed by atoms with Gasteiger partial charge in [0.05, 0.1) is 21.5 Å². The third-order valence-corrected chi connectivity index (χ3v) is 3.12. The Morgan fingerprint density at radius 2 is 1.90 bits per heavy atom. The number of carbonyl (C=O) groups excluding carboxylic acids is 1. The van der Waals surface area contributed by atoms with Gasteiger partial charge in [-0.3, -0.25) is 25.0 Å². The number of hydrogen-bond acceptors (Lipinski definition) is 5. The molecule has 21 heavy (non-hydrogen) atoms. The molecule has 0 aliphatic rings. The Morgan fingerprint density at radius 3 is 2.38 bits per heavy atom. The summed E-state index contributed by atoms with van der Waals surface area (Å²) in [6.45, 7) is 5.18. The minimum Gasteiger partial charge on any atom is -0.350 e. The molecule has 0 saturated carbocycles. The van der Waals surface area contributed by atoms with Gasteiger partial charge in [-0.25, -0.2) is 0 Å². The van der Waals surface area contributed by atoms with Gasteiger partial charge in [0, 0.05) is 17.7 Å². The van der Waals surface area contributed by atoms with E-state index < -0.39 is 27.1 Å². The molecule has 1 rings (SSSR count). The number of carbonyl (C=O) groups is 1. The Labute approximate surface area is 121 Å². The molecule has 0 aromatic heterocycles. The van der Waals surface area contributed by atoms with E-state index in [4.69, 9.17) is 0 Å². The van der Waals surface area contributed by atoms with Crippen molar-refractivity contribution in [2.45, 2.75) is 39.7 Å². The van der Waals surface area contributed by atoms with Gasteiger partial charge in [0.25, 0.3) is 17.3 Å². The zero-order valence-electron chi connectivity index (χ0n) is 12.1. The first kappa shape index (κ1) is 16.5. The third-order valence-electron chi connectivity index (χ3n) is 3.12. The van der Waals surface area contributed by atoms with E-state index in [9.17, 15) is 25.0 Å². The van der Waals surface area contributed by atoms with E-state index in [1.54, 1.807) is 0 Å². The van der Waals surface area contributed by atoms with Gasteiger partial charge in [-0.05, 0) is 20.3 Å². The van der Waals surface area contributed by atoms with Crippen LogP contribution in [0.4, 0.5) is 11.4 Å². The van der Waals surface area contributed by atoms with Crippen molar-refractivity contribution < 1.29 is 14.6 Å². The molecule has 8 heteroatoms. The van der Waals surface area contributed by atoms with Crippen LogP contribution in [0.2, 0.25) is 0 Å². The Balaban J connectivity index is 3.24. The van der Waals surface area contributed by atoms with Crippen LogP contribution in [0.25, 0.3) is 0 Å². The summed E-state index contributed by atoms with van der Waals surface area (Å²) in [4.78, 5) is 32.5. The van der Waals surface area contributed by atoms with E-state index in [0.717, 1.165) is 25.0 Å². The van der Waals surface area contributed by atoms with Crippen molar-refractivity contribution in [2.75, 3.05) is 0 Å². The second-order valence-electron chi connectivity index (χ2n) is 4.81. The number of nitro benzene ring substituents is 2. The maximum atomic E-state index is 12.1. The summed E-state index contributed by atoms with van der Waals surface area (Å²) in [6.07, 6.45) is 1.62. The molecule has 1 N–H and O–H groups in total. The molecule has 0 saturated heterocycles. The van der Waals surface area contributed by atoms with Crippen LogP contribution in [-0.4, -0.2) is 21.8 Å². The fourth-order valence-electron chi connectivity index (χ4n) is 2.02. The molecular formula is C13H17N3O5. The molecule has 0 aliphatic carbocycles. The summed E-state index contributed by atoms with van der Waals surface area (Å²) in [7, 11) is 0. The zero-order valence-corrected chi connectivity index (χ0v) is 12.1. The SMILES string of the molecule is CCCC(C)NC(=O)c1cc([N+](=O)[O-])cc([N+](=O)[O-])c1C. The zero-order chi connectivity index (χ0) is 16.2. The highest BCUT2D eigenvalue weighted by Gasteiger charge is 2.25. The number of nitrogens with one attached hydrogen (secondary N) is 1. The smallest absolute Gasteiger partial charge is 0.279 e. The lowest BCUT2D eigenvalue weighted by atomic mass is 10.0. The molecule has 0 aliphatic heterocycles. The molecule has 0 fully saturated rings. The van der Waals surface area contributed by atoms with Crippen LogP contribution in [-0.2, 0) is 0 Å². The lowest BCUT2D eigenvalue weighted by Gasteiger charge is -2.13. The van der Waals surface area contributed by atoms with Crippen molar-refractivity contribution in [1.29, 1.82) is 0 Å². The Morgan fingerprint density at radius 1 is 1.29 bits per heavy atom. The minimum absolute atomic E-state index is 0.0427. The first-order valence-electron chi connectivity index (χ1n) is 6.52. The number of non-ortho nitro benzene ring substituents is 1. The van der Waals surface area contributed by atoms with Crippen molar-refractivity contribution in [3.63, 3.8) is 0 Å². The second-order valence-corrected chi connectivity index (χ2v) is 4.81. The highest BCUT2D eigenvalue weighted by molar-refractivity contribution is 5.97. The van der Waals surface area contributed by atoms with Gasteiger partial charge in [-0.15, -0.1) is 0 Å². The number of benzene rings is 1. The van der Waals surface area contributed by atoms with E-state index >= 15 is 0 Å². The standard InChI is InChI=1S/C13H17N3O5/c1-4-5-8(2)14-13(17)11-6-10(15(18)19)7-12(9(11)3)16(20)21/h6-8H,4-5H2,1-3H3,(H,14,17). The quantitative estimate of drug-likeness (QED) is 0.639. The third kappa shape index (κ3) is 3.98. The predicted octanol–water partition coefficient (Wildman–Crippen LogP) is 2.73. The topological polar surface area (TPSA) is 115 Å². The van der Waals surface area contributed by atoms with E-state index in [2.05, 4.69) is 5.32 Å². The summed E-state index contributed by atoms with van der Waals surface area (Å²) in [5.41, 5.74) is -0.830. The van der Waals surface area contributed by atoms with E-state index in [1.807, 2.05) is 13.8 Å². The normalized spacial score (nSPS) is 11.8. The maximum Gasteiger partial charge on any atom is 0.279 e. The Bertz CT molecular complexity index is 585. The van der Waals surface area contributed by atoms with Gasteiger partial charge in [-0.1, -0.05) is 13.3 Å². The maximum absolute atomic E-state index is 12.1. The van der Waals surface area contributed by atoms with Crippen molar-refractivity contribution >= 4 is 17.3 Å². The van der Waals surface area contributed by atoms with E-state index in [1.165, 1.54) is 6.92 Å². The van der Waals surface area contributed by atoms with Gasteiger partial charge in [-0.2, -0.15) is 0 Å². The molecule has 1 aromatic rings. The van der Waals surface area contributed by atoms with Crippen LogP contribution in [0.5, 0.6) is 0 Å². The molecule has 1 unspecified atom stereocenters. The fraction of sp³-hybridized carbons (Fsp3) is 0.462. The number of rotatable bonds is 6. The molecule has 0 heterocycles. The van der Waals surface area contributed by atoms with Crippen molar-refractivity contribution in [3.8, 4) is 0 Å². The van der Waals surface area contributed by atoms with Crippen LogP contribution in [0.3, 0.4) is 0 Å². The van der Waals surface area contributed by atoms with Gasteiger partial charge in [0.2, 0.25) is 0 Å². The summed E-state index contributed by atoms with van der Waals surface area (Å²) in [5, 5.41) is 24.5. The average molecular weight is 295 g/mol. The Hall–Kier alpha value is -2.51. The van der Waals surface area contributed by atoms with Crippen molar-refractivity contribution in [3.05, 3.63) is 43.5 Å². The molecule has 0 radical (unpaired) electrons. The summed E-state index contributed by atoms with van der Waals surface area (Å²) in [6, 6.07) is 1.82. The van der Waals surface area contributed by atoms with Gasteiger partial charge < -0.3 is 5.32 Å². The van der Waals surface area contributed by atoms with Gasteiger partial charge in [0.15, 0.2) is 0 Å². The van der Waals surface area contributed by atoms with Crippen LogP contribution in [0.15, 0.2) is 12.1 Å². The largest absolute Gasteiger partial charge is 0.350 e.